The molecule has 0 aliphatic carbocycles. The Morgan fingerprint density at radius 3 is 1.89 bits per heavy atom. The summed E-state index contributed by atoms with van der Waals surface area (Å²) in [7, 11) is 0. The van der Waals surface area contributed by atoms with Gasteiger partial charge in [-0.25, -0.2) is 4.79 Å². The lowest BCUT2D eigenvalue weighted by Crippen LogP contribution is -2.59. The minimum atomic E-state index is -1.02. The number of carboxylic acids is 1. The number of amides is 2. The molecule has 1 rings (SSSR count). The Morgan fingerprint density at radius 2 is 1.47 bits per heavy atom. The molecule has 0 aromatic carbocycles. The van der Waals surface area contributed by atoms with Gasteiger partial charge in [-0.1, -0.05) is 12.8 Å². The first-order chi connectivity index (χ1) is 8.68. The van der Waals surface area contributed by atoms with E-state index in [1.807, 2.05) is 0 Å². The number of hydrogen-bond donors (Lipinski definition) is 2. The third-order valence-corrected chi connectivity index (χ3v) is 4.41. The molecule has 1 heterocycles. The van der Waals surface area contributed by atoms with E-state index in [1.54, 1.807) is 32.6 Å². The van der Waals surface area contributed by atoms with E-state index in [0.29, 0.717) is 0 Å². The maximum absolute atomic E-state index is 12.3. The van der Waals surface area contributed by atoms with Crippen molar-refractivity contribution >= 4 is 12.0 Å². The van der Waals surface area contributed by atoms with Gasteiger partial charge in [-0.3, -0.25) is 4.79 Å². The fraction of sp³-hybridized carbons (Fsp3) is 0.857. The number of urea groups is 1. The fourth-order valence-corrected chi connectivity index (χ4v) is 2.04. The van der Waals surface area contributed by atoms with E-state index < -0.39 is 16.9 Å². The van der Waals surface area contributed by atoms with Gasteiger partial charge in [0.1, 0.15) is 0 Å². The largest absolute Gasteiger partial charge is 0.481 e. The molecule has 1 aliphatic rings. The van der Waals surface area contributed by atoms with Gasteiger partial charge in [0.15, 0.2) is 0 Å². The Kier molecular flexibility index (Phi) is 4.82. The fourth-order valence-electron chi connectivity index (χ4n) is 2.04. The molecule has 5 nitrogen and oxygen atoms in total. The van der Waals surface area contributed by atoms with Gasteiger partial charge in [-0.2, -0.15) is 0 Å². The highest BCUT2D eigenvalue weighted by Gasteiger charge is 2.44. The summed E-state index contributed by atoms with van der Waals surface area (Å²) in [5.74, 6) is -0.909. The Labute approximate surface area is 115 Å². The minimum Gasteiger partial charge on any atom is -0.481 e. The van der Waals surface area contributed by atoms with Gasteiger partial charge in [-0.15, -0.1) is 0 Å². The van der Waals surface area contributed by atoms with E-state index in [0.717, 1.165) is 38.8 Å². The van der Waals surface area contributed by atoms with Crippen molar-refractivity contribution < 1.29 is 14.7 Å². The average molecular weight is 270 g/mol. The molecule has 0 atom stereocenters. The van der Waals surface area contributed by atoms with Crippen LogP contribution in [0.5, 0.6) is 0 Å². The van der Waals surface area contributed by atoms with Crippen LogP contribution < -0.4 is 5.32 Å². The Morgan fingerprint density at radius 1 is 1.00 bits per heavy atom. The van der Waals surface area contributed by atoms with E-state index in [4.69, 9.17) is 0 Å². The number of rotatable bonds is 3. The van der Waals surface area contributed by atoms with Gasteiger partial charge in [0.05, 0.1) is 11.0 Å². The first-order valence-corrected chi connectivity index (χ1v) is 6.99. The van der Waals surface area contributed by atoms with E-state index in [9.17, 15) is 14.7 Å². The van der Waals surface area contributed by atoms with Crippen LogP contribution >= 0.6 is 0 Å². The summed E-state index contributed by atoms with van der Waals surface area (Å²) in [6.45, 7) is 8.31. The van der Waals surface area contributed by atoms with Gasteiger partial charge in [0, 0.05) is 13.1 Å². The number of carboxylic acid groups (broad SMARTS) is 1. The van der Waals surface area contributed by atoms with Gasteiger partial charge >= 0.3 is 12.0 Å². The van der Waals surface area contributed by atoms with Crippen molar-refractivity contribution in [3.63, 3.8) is 0 Å². The van der Waals surface area contributed by atoms with Gasteiger partial charge < -0.3 is 15.3 Å². The first-order valence-electron chi connectivity index (χ1n) is 6.99. The highest BCUT2D eigenvalue weighted by Crippen LogP contribution is 2.31. The minimum absolute atomic E-state index is 0.152. The van der Waals surface area contributed by atoms with Gasteiger partial charge in [0.25, 0.3) is 0 Å². The number of carbonyl (C=O) groups excluding carboxylic acids is 1. The van der Waals surface area contributed by atoms with E-state index in [-0.39, 0.29) is 6.03 Å². The van der Waals surface area contributed by atoms with Crippen molar-refractivity contribution in [1.82, 2.24) is 10.2 Å². The van der Waals surface area contributed by atoms with Crippen molar-refractivity contribution in [3.05, 3.63) is 0 Å². The molecule has 1 saturated heterocycles. The number of nitrogens with zero attached hydrogens (tertiary/aromatic N) is 1. The molecule has 0 aromatic rings. The molecule has 110 valence electrons. The second-order valence-electron chi connectivity index (χ2n) is 6.39. The summed E-state index contributed by atoms with van der Waals surface area (Å²) in [5.41, 5.74) is -1.82. The topological polar surface area (TPSA) is 69.6 Å². The number of hydrogen-bond acceptors (Lipinski definition) is 2. The molecule has 1 aliphatic heterocycles. The molecule has 2 N–H and O–H groups in total. The standard InChI is InChI=1S/C14H26N2O3/c1-13(2,11(17)18)14(3,4)15-12(19)16-9-7-5-6-8-10-16/h5-10H2,1-4H3,(H,15,19)(H,17,18). The summed E-state index contributed by atoms with van der Waals surface area (Å²) in [4.78, 5) is 25.4. The lowest BCUT2D eigenvalue weighted by Gasteiger charge is -2.40. The number of carbonyl (C=O) groups is 2. The summed E-state index contributed by atoms with van der Waals surface area (Å²) in [6, 6.07) is -0.152. The van der Waals surface area contributed by atoms with Crippen molar-refractivity contribution in [1.29, 1.82) is 0 Å². The molecule has 0 unspecified atom stereocenters. The van der Waals surface area contributed by atoms with Crippen LogP contribution in [0.15, 0.2) is 0 Å². The van der Waals surface area contributed by atoms with Crippen LogP contribution in [0.3, 0.4) is 0 Å². The van der Waals surface area contributed by atoms with Crippen molar-refractivity contribution in [2.45, 2.75) is 58.9 Å². The molecule has 0 radical (unpaired) electrons. The van der Waals surface area contributed by atoms with Crippen molar-refractivity contribution in [2.75, 3.05) is 13.1 Å². The maximum Gasteiger partial charge on any atom is 0.317 e. The SMILES string of the molecule is CC(C)(NC(=O)N1CCCCCC1)C(C)(C)C(=O)O. The van der Waals surface area contributed by atoms with E-state index >= 15 is 0 Å². The molecular formula is C14H26N2O3. The lowest BCUT2D eigenvalue weighted by atomic mass is 9.74. The zero-order chi connectivity index (χ0) is 14.7. The molecular weight excluding hydrogens is 244 g/mol. The molecule has 0 saturated carbocycles. The second-order valence-corrected chi connectivity index (χ2v) is 6.39. The summed E-state index contributed by atoms with van der Waals surface area (Å²) in [5, 5.41) is 12.2. The first kappa shape index (κ1) is 15.8. The van der Waals surface area contributed by atoms with E-state index in [2.05, 4.69) is 5.32 Å². The zero-order valence-corrected chi connectivity index (χ0v) is 12.5. The van der Waals surface area contributed by atoms with Crippen LogP contribution in [-0.4, -0.2) is 40.6 Å². The molecule has 0 bridgehead atoms. The Bertz CT molecular complexity index is 343. The summed E-state index contributed by atoms with van der Waals surface area (Å²) in [6.07, 6.45) is 4.37. The molecule has 0 aromatic heterocycles. The quantitative estimate of drug-likeness (QED) is 0.827. The number of aliphatic carboxylic acids is 1. The van der Waals surface area contributed by atoms with E-state index in [1.165, 1.54) is 0 Å². The summed E-state index contributed by atoms with van der Waals surface area (Å²) < 4.78 is 0. The Balaban J connectivity index is 2.71. The molecule has 5 heteroatoms. The smallest absolute Gasteiger partial charge is 0.317 e. The van der Waals surface area contributed by atoms with Crippen LogP contribution in [0, 0.1) is 5.41 Å². The predicted octanol–water partition coefficient (Wildman–Crippen LogP) is 2.46. The maximum atomic E-state index is 12.3. The highest BCUT2D eigenvalue weighted by atomic mass is 16.4. The van der Waals surface area contributed by atoms with Crippen molar-refractivity contribution in [3.8, 4) is 0 Å². The van der Waals surface area contributed by atoms with Gasteiger partial charge in [-0.05, 0) is 40.5 Å². The van der Waals surface area contributed by atoms with Crippen LogP contribution in [0.25, 0.3) is 0 Å². The lowest BCUT2D eigenvalue weighted by molar-refractivity contribution is -0.150. The number of nitrogens with one attached hydrogen (secondary N) is 1. The zero-order valence-electron chi connectivity index (χ0n) is 12.5. The molecule has 0 spiro atoms. The van der Waals surface area contributed by atoms with Crippen LogP contribution in [0.4, 0.5) is 4.79 Å². The monoisotopic (exact) mass is 270 g/mol. The predicted molar refractivity (Wildman–Crippen MR) is 74.1 cm³/mol. The van der Waals surface area contributed by atoms with Crippen molar-refractivity contribution in [2.24, 2.45) is 5.41 Å². The second kappa shape index (κ2) is 5.80. The average Bonchev–Trinajstić information content (AvgIpc) is 2.56. The van der Waals surface area contributed by atoms with Gasteiger partial charge in [0.2, 0.25) is 0 Å². The van der Waals surface area contributed by atoms with Crippen LogP contribution in [-0.2, 0) is 4.79 Å². The molecule has 2 amide bonds. The molecule has 19 heavy (non-hydrogen) atoms. The third kappa shape index (κ3) is 3.61. The normalized spacial score (nSPS) is 17.8. The summed E-state index contributed by atoms with van der Waals surface area (Å²) >= 11 is 0. The Hall–Kier alpha value is -1.26. The van der Waals surface area contributed by atoms with Crippen LogP contribution in [0.1, 0.15) is 53.4 Å². The van der Waals surface area contributed by atoms with Crippen LogP contribution in [0.2, 0.25) is 0 Å². The highest BCUT2D eigenvalue weighted by molar-refractivity contribution is 5.79. The third-order valence-electron chi connectivity index (χ3n) is 4.41. The number of likely N-dealkylation sites (tertiary alicyclic amines) is 1. The molecule has 1 fully saturated rings.